The minimum Gasteiger partial charge on any atom is -0.463 e. The molecule has 0 aliphatic carbocycles. The van der Waals surface area contributed by atoms with E-state index in [0.717, 1.165) is 47.0 Å². The molecule has 172 valence electrons. The van der Waals surface area contributed by atoms with Gasteiger partial charge in [0.1, 0.15) is 0 Å². The van der Waals surface area contributed by atoms with Crippen molar-refractivity contribution < 1.29 is 4.42 Å². The molecule has 0 N–H and O–H groups in total. The third kappa shape index (κ3) is 4.22. The lowest BCUT2D eigenvalue weighted by Gasteiger charge is -2.08. The normalized spacial score (nSPS) is 11.9. The molecule has 3 aromatic heterocycles. The zero-order chi connectivity index (χ0) is 23.5. The van der Waals surface area contributed by atoms with E-state index in [2.05, 4.69) is 28.8 Å². The molecular weight excluding hydrogens is 444 g/mol. The molecule has 0 amide bonds. The van der Waals surface area contributed by atoms with Crippen LogP contribution in [0, 0.1) is 6.92 Å². The molecule has 2 aromatic carbocycles. The number of aryl methyl sites for hydroxylation is 1. The second kappa shape index (κ2) is 9.57. The van der Waals surface area contributed by atoms with Gasteiger partial charge in [0.15, 0.2) is 16.2 Å². The van der Waals surface area contributed by atoms with Gasteiger partial charge in [-0.25, -0.2) is 9.67 Å². The van der Waals surface area contributed by atoms with E-state index in [0.29, 0.717) is 5.69 Å². The van der Waals surface area contributed by atoms with Crippen LogP contribution in [0.15, 0.2) is 98.6 Å². The van der Waals surface area contributed by atoms with E-state index in [4.69, 9.17) is 9.41 Å². The maximum Gasteiger partial charge on any atom is 0.297 e. The van der Waals surface area contributed by atoms with Crippen molar-refractivity contribution in [1.29, 1.82) is 0 Å². The Morgan fingerprint density at radius 2 is 1.71 bits per heavy atom. The van der Waals surface area contributed by atoms with Gasteiger partial charge in [0.2, 0.25) is 0 Å². The summed E-state index contributed by atoms with van der Waals surface area (Å²) in [5.74, 6) is 0.795. The first-order valence-electron chi connectivity index (χ1n) is 11.3. The molecule has 0 unspecified atom stereocenters. The maximum atomic E-state index is 13.4. The van der Waals surface area contributed by atoms with Gasteiger partial charge >= 0.3 is 0 Å². The van der Waals surface area contributed by atoms with Gasteiger partial charge in [0.05, 0.1) is 23.3 Å². The van der Waals surface area contributed by atoms with Crippen molar-refractivity contribution in [2.75, 3.05) is 0 Å². The second-order valence-corrected chi connectivity index (χ2v) is 8.98. The molecule has 34 heavy (non-hydrogen) atoms. The van der Waals surface area contributed by atoms with E-state index in [-0.39, 0.29) is 5.56 Å². The fourth-order valence-electron chi connectivity index (χ4n) is 4.12. The molecule has 0 atom stereocenters. The van der Waals surface area contributed by atoms with Crippen LogP contribution >= 0.6 is 11.3 Å². The number of hydrogen-bond acceptors (Lipinski definition) is 4. The molecule has 0 fully saturated rings. The monoisotopic (exact) mass is 470 g/mol. The third-order valence-electron chi connectivity index (χ3n) is 5.99. The highest BCUT2D eigenvalue weighted by Gasteiger charge is 2.17. The molecule has 5 rings (SSSR count). The average Bonchev–Trinajstić information content (AvgIpc) is 3.57. The van der Waals surface area contributed by atoms with E-state index in [1.54, 1.807) is 10.9 Å². The zero-order valence-corrected chi connectivity index (χ0v) is 20.0. The number of furan rings is 1. The second-order valence-electron chi connectivity index (χ2n) is 8.14. The van der Waals surface area contributed by atoms with Gasteiger partial charge in [-0.1, -0.05) is 48.5 Å². The Kier molecular flexibility index (Phi) is 6.18. The quantitative estimate of drug-likeness (QED) is 0.317. The molecule has 0 spiro atoms. The number of aromatic nitrogens is 3. The van der Waals surface area contributed by atoms with Gasteiger partial charge in [-0.05, 0) is 49.6 Å². The van der Waals surface area contributed by atoms with E-state index >= 15 is 0 Å². The molecule has 7 heteroatoms. The van der Waals surface area contributed by atoms with Crippen LogP contribution in [0.5, 0.6) is 0 Å². The van der Waals surface area contributed by atoms with E-state index < -0.39 is 0 Å². The van der Waals surface area contributed by atoms with Crippen LogP contribution in [-0.2, 0) is 20.0 Å². The highest BCUT2D eigenvalue weighted by molar-refractivity contribution is 7.07. The third-order valence-corrected chi connectivity index (χ3v) is 6.86. The summed E-state index contributed by atoms with van der Waals surface area (Å²) in [5.41, 5.74) is 4.24. The molecule has 0 saturated carbocycles. The van der Waals surface area contributed by atoms with Gasteiger partial charge in [0, 0.05) is 19.0 Å². The fraction of sp³-hybridized carbons (Fsp3) is 0.185. The Balaban J connectivity index is 1.56. The lowest BCUT2D eigenvalue weighted by molar-refractivity contribution is 0.563. The SMILES string of the molecule is Cc1c(N=c2scc(-c3ccco3)n2CCCc2ccccc2)c(=O)n(-c2ccccc2)n1C. The molecule has 0 radical (unpaired) electrons. The van der Waals surface area contributed by atoms with Crippen molar-refractivity contribution in [2.45, 2.75) is 26.3 Å². The summed E-state index contributed by atoms with van der Waals surface area (Å²) in [6.45, 7) is 2.70. The predicted octanol–water partition coefficient (Wildman–Crippen LogP) is 5.47. The first kappa shape index (κ1) is 22.0. The summed E-state index contributed by atoms with van der Waals surface area (Å²) in [6.07, 6.45) is 3.59. The fourth-order valence-corrected chi connectivity index (χ4v) is 5.04. The first-order valence-corrected chi connectivity index (χ1v) is 12.2. The van der Waals surface area contributed by atoms with Gasteiger partial charge in [-0.2, -0.15) is 0 Å². The number of hydrogen-bond donors (Lipinski definition) is 0. The van der Waals surface area contributed by atoms with Crippen molar-refractivity contribution in [2.24, 2.45) is 12.0 Å². The minimum atomic E-state index is -0.130. The molecule has 0 bridgehead atoms. The lowest BCUT2D eigenvalue weighted by Crippen LogP contribution is -2.20. The van der Waals surface area contributed by atoms with Crippen molar-refractivity contribution in [3.8, 4) is 17.1 Å². The smallest absolute Gasteiger partial charge is 0.297 e. The molecule has 0 saturated heterocycles. The summed E-state index contributed by atoms with van der Waals surface area (Å²) in [7, 11) is 1.89. The maximum absolute atomic E-state index is 13.4. The predicted molar refractivity (Wildman–Crippen MR) is 136 cm³/mol. The van der Waals surface area contributed by atoms with Crippen LogP contribution in [0.25, 0.3) is 17.1 Å². The standard InChI is InChI=1S/C27H26N4O2S/c1-20-25(26(32)31(29(20)2)22-14-7-4-8-15-22)28-27-30(17-9-13-21-11-5-3-6-12-21)23(19-34-27)24-16-10-18-33-24/h3-8,10-12,14-16,18-19H,9,13,17H2,1-2H3. The van der Waals surface area contributed by atoms with Crippen LogP contribution in [0.1, 0.15) is 17.7 Å². The molecule has 5 aromatic rings. The van der Waals surface area contributed by atoms with E-state index in [9.17, 15) is 4.79 Å². The van der Waals surface area contributed by atoms with Crippen LogP contribution in [0.4, 0.5) is 5.69 Å². The van der Waals surface area contributed by atoms with Gasteiger partial charge in [-0.3, -0.25) is 9.48 Å². The van der Waals surface area contributed by atoms with Crippen LogP contribution in [0.2, 0.25) is 0 Å². The zero-order valence-electron chi connectivity index (χ0n) is 19.2. The molecule has 0 aliphatic heterocycles. The van der Waals surface area contributed by atoms with E-state index in [1.165, 1.54) is 16.9 Å². The number of rotatable bonds is 7. The van der Waals surface area contributed by atoms with Crippen molar-refractivity contribution in [1.82, 2.24) is 13.9 Å². The minimum absolute atomic E-state index is 0.130. The summed E-state index contributed by atoms with van der Waals surface area (Å²) in [6, 6.07) is 24.0. The Morgan fingerprint density at radius 3 is 2.41 bits per heavy atom. The summed E-state index contributed by atoms with van der Waals surface area (Å²) in [4.78, 5) is 19.1. The average molecular weight is 471 g/mol. The number of benzene rings is 2. The molecular formula is C27H26N4O2S. The summed E-state index contributed by atoms with van der Waals surface area (Å²) < 4.78 is 11.4. The van der Waals surface area contributed by atoms with Gasteiger partial charge in [0.25, 0.3) is 5.56 Å². The Morgan fingerprint density at radius 1 is 0.971 bits per heavy atom. The Bertz CT molecular complexity index is 1500. The Hall–Kier alpha value is -3.84. The van der Waals surface area contributed by atoms with Crippen LogP contribution < -0.4 is 10.4 Å². The molecule has 0 aliphatic rings. The van der Waals surface area contributed by atoms with Gasteiger partial charge in [-0.15, -0.1) is 11.3 Å². The highest BCUT2D eigenvalue weighted by Crippen LogP contribution is 2.22. The van der Waals surface area contributed by atoms with Gasteiger partial charge < -0.3 is 8.98 Å². The highest BCUT2D eigenvalue weighted by atomic mass is 32.1. The van der Waals surface area contributed by atoms with E-state index in [1.807, 2.05) is 72.6 Å². The van der Waals surface area contributed by atoms with Crippen molar-refractivity contribution in [3.05, 3.63) is 111 Å². The van der Waals surface area contributed by atoms with Crippen LogP contribution in [0.3, 0.4) is 0 Å². The Labute approximate surface area is 201 Å². The summed E-state index contributed by atoms with van der Waals surface area (Å²) in [5, 5.41) is 2.05. The largest absolute Gasteiger partial charge is 0.463 e. The lowest BCUT2D eigenvalue weighted by atomic mass is 10.1. The van der Waals surface area contributed by atoms with Crippen LogP contribution in [-0.4, -0.2) is 13.9 Å². The number of para-hydroxylation sites is 1. The van der Waals surface area contributed by atoms with Crippen molar-refractivity contribution in [3.63, 3.8) is 0 Å². The number of nitrogens with zero attached hydrogens (tertiary/aromatic N) is 4. The summed E-state index contributed by atoms with van der Waals surface area (Å²) >= 11 is 1.52. The number of thiazole rings is 1. The molecule has 3 heterocycles. The first-order chi connectivity index (χ1) is 16.6. The van der Waals surface area contributed by atoms with Crippen molar-refractivity contribution >= 4 is 17.0 Å². The molecule has 6 nitrogen and oxygen atoms in total. The topological polar surface area (TPSA) is 57.4 Å².